The van der Waals surface area contributed by atoms with E-state index >= 15 is 0 Å². The number of benzene rings is 2. The second-order valence-electron chi connectivity index (χ2n) is 5.27. The van der Waals surface area contributed by atoms with E-state index in [2.05, 4.69) is 43.4 Å². The maximum absolute atomic E-state index is 5.43. The standard InChI is InChI=1S/C18H23NO2/c1-13(2)16-7-5-6-8-17(16)19-12-14-9-10-15(20-3)11-18(14)21-4/h5-11,13,19H,12H2,1-4H3. The highest BCUT2D eigenvalue weighted by molar-refractivity contribution is 5.53. The van der Waals surface area contributed by atoms with Crippen LogP contribution in [0, 0.1) is 0 Å². The van der Waals surface area contributed by atoms with Gasteiger partial charge in [0.05, 0.1) is 14.2 Å². The molecule has 0 fully saturated rings. The fourth-order valence-corrected chi connectivity index (χ4v) is 2.35. The first-order valence-electron chi connectivity index (χ1n) is 7.19. The van der Waals surface area contributed by atoms with Crippen LogP contribution in [0.4, 0.5) is 5.69 Å². The van der Waals surface area contributed by atoms with Crippen molar-refractivity contribution in [2.24, 2.45) is 0 Å². The van der Waals surface area contributed by atoms with Crippen LogP contribution in [-0.2, 0) is 6.54 Å². The summed E-state index contributed by atoms with van der Waals surface area (Å²) in [5.74, 6) is 2.13. The Morgan fingerprint density at radius 1 is 1.00 bits per heavy atom. The lowest BCUT2D eigenvalue weighted by Gasteiger charge is -2.16. The second-order valence-corrected chi connectivity index (χ2v) is 5.27. The van der Waals surface area contributed by atoms with Crippen LogP contribution in [0.2, 0.25) is 0 Å². The van der Waals surface area contributed by atoms with E-state index < -0.39 is 0 Å². The summed E-state index contributed by atoms with van der Waals surface area (Å²) in [7, 11) is 3.34. The maximum atomic E-state index is 5.43. The van der Waals surface area contributed by atoms with E-state index in [9.17, 15) is 0 Å². The summed E-state index contributed by atoms with van der Waals surface area (Å²) in [5.41, 5.74) is 3.60. The second kappa shape index (κ2) is 7.02. The molecule has 2 aromatic rings. The van der Waals surface area contributed by atoms with E-state index in [0.717, 1.165) is 23.6 Å². The lowest BCUT2D eigenvalue weighted by atomic mass is 10.0. The highest BCUT2D eigenvalue weighted by atomic mass is 16.5. The Balaban J connectivity index is 2.17. The fourth-order valence-electron chi connectivity index (χ4n) is 2.35. The molecule has 0 radical (unpaired) electrons. The van der Waals surface area contributed by atoms with Gasteiger partial charge in [-0.1, -0.05) is 32.0 Å². The molecule has 0 heterocycles. The third-order valence-corrected chi connectivity index (χ3v) is 3.55. The van der Waals surface area contributed by atoms with Gasteiger partial charge in [-0.3, -0.25) is 0 Å². The summed E-state index contributed by atoms with van der Waals surface area (Å²) < 4.78 is 10.7. The molecule has 0 aliphatic rings. The number of rotatable bonds is 6. The summed E-state index contributed by atoms with van der Waals surface area (Å²) in [6, 6.07) is 14.3. The number of methoxy groups -OCH3 is 2. The van der Waals surface area contributed by atoms with Crippen molar-refractivity contribution >= 4 is 5.69 Å². The average Bonchev–Trinajstić information content (AvgIpc) is 2.52. The smallest absolute Gasteiger partial charge is 0.127 e. The minimum Gasteiger partial charge on any atom is -0.497 e. The average molecular weight is 285 g/mol. The van der Waals surface area contributed by atoms with Gasteiger partial charge in [0.15, 0.2) is 0 Å². The number of para-hydroxylation sites is 1. The zero-order valence-electron chi connectivity index (χ0n) is 13.1. The van der Waals surface area contributed by atoms with Crippen LogP contribution >= 0.6 is 0 Å². The molecule has 0 bridgehead atoms. The molecular formula is C18H23NO2. The van der Waals surface area contributed by atoms with Gasteiger partial charge >= 0.3 is 0 Å². The molecule has 0 spiro atoms. The van der Waals surface area contributed by atoms with Gasteiger partial charge < -0.3 is 14.8 Å². The molecule has 1 N–H and O–H groups in total. The van der Waals surface area contributed by atoms with Crippen molar-refractivity contribution in [2.75, 3.05) is 19.5 Å². The van der Waals surface area contributed by atoms with Crippen molar-refractivity contribution in [3.63, 3.8) is 0 Å². The molecule has 0 aliphatic carbocycles. The largest absolute Gasteiger partial charge is 0.497 e. The molecule has 0 amide bonds. The Morgan fingerprint density at radius 3 is 2.43 bits per heavy atom. The molecule has 0 aliphatic heterocycles. The summed E-state index contributed by atoms with van der Waals surface area (Å²) in [6.07, 6.45) is 0. The molecule has 0 atom stereocenters. The predicted molar refractivity (Wildman–Crippen MR) is 87.4 cm³/mol. The molecule has 0 saturated heterocycles. The van der Waals surface area contributed by atoms with Gasteiger partial charge in [0, 0.05) is 23.9 Å². The predicted octanol–water partition coefficient (Wildman–Crippen LogP) is 4.44. The van der Waals surface area contributed by atoms with E-state index in [1.165, 1.54) is 11.3 Å². The quantitative estimate of drug-likeness (QED) is 0.851. The van der Waals surface area contributed by atoms with Gasteiger partial charge in [0.1, 0.15) is 11.5 Å². The molecule has 2 rings (SSSR count). The number of hydrogen-bond donors (Lipinski definition) is 1. The van der Waals surface area contributed by atoms with Crippen molar-refractivity contribution in [2.45, 2.75) is 26.3 Å². The topological polar surface area (TPSA) is 30.5 Å². The highest BCUT2D eigenvalue weighted by Crippen LogP contribution is 2.27. The van der Waals surface area contributed by atoms with Gasteiger partial charge in [-0.15, -0.1) is 0 Å². The van der Waals surface area contributed by atoms with Gasteiger partial charge in [0.25, 0.3) is 0 Å². The normalized spacial score (nSPS) is 10.5. The third kappa shape index (κ3) is 3.69. The van der Waals surface area contributed by atoms with Crippen LogP contribution in [0.3, 0.4) is 0 Å². The number of hydrogen-bond acceptors (Lipinski definition) is 3. The summed E-state index contributed by atoms with van der Waals surface area (Å²) in [6.45, 7) is 5.12. The van der Waals surface area contributed by atoms with Crippen LogP contribution in [0.5, 0.6) is 11.5 Å². The van der Waals surface area contributed by atoms with Crippen LogP contribution in [0.25, 0.3) is 0 Å². The molecule has 21 heavy (non-hydrogen) atoms. The lowest BCUT2D eigenvalue weighted by molar-refractivity contribution is 0.391. The Bertz CT molecular complexity index is 594. The van der Waals surface area contributed by atoms with E-state index in [1.807, 2.05) is 18.2 Å². The monoisotopic (exact) mass is 285 g/mol. The molecule has 0 unspecified atom stereocenters. The fraction of sp³-hybridized carbons (Fsp3) is 0.333. The summed E-state index contributed by atoms with van der Waals surface area (Å²) in [4.78, 5) is 0. The van der Waals surface area contributed by atoms with E-state index in [4.69, 9.17) is 9.47 Å². The van der Waals surface area contributed by atoms with Gasteiger partial charge in [-0.05, 0) is 29.7 Å². The minimum atomic E-state index is 0.492. The van der Waals surface area contributed by atoms with Gasteiger partial charge in [-0.25, -0.2) is 0 Å². The van der Waals surface area contributed by atoms with Gasteiger partial charge in [0.2, 0.25) is 0 Å². The Hall–Kier alpha value is -2.16. The van der Waals surface area contributed by atoms with E-state index in [-0.39, 0.29) is 0 Å². The molecule has 2 aromatic carbocycles. The first-order chi connectivity index (χ1) is 10.2. The van der Waals surface area contributed by atoms with E-state index in [0.29, 0.717) is 5.92 Å². The highest BCUT2D eigenvalue weighted by Gasteiger charge is 2.08. The van der Waals surface area contributed by atoms with Crippen LogP contribution in [0.1, 0.15) is 30.9 Å². The molecule has 3 nitrogen and oxygen atoms in total. The van der Waals surface area contributed by atoms with Crippen LogP contribution < -0.4 is 14.8 Å². The first-order valence-corrected chi connectivity index (χ1v) is 7.19. The molecule has 0 aromatic heterocycles. The molecule has 0 saturated carbocycles. The molecular weight excluding hydrogens is 262 g/mol. The van der Waals surface area contributed by atoms with Crippen molar-refractivity contribution in [3.8, 4) is 11.5 Å². The Labute approximate surface area is 126 Å². The van der Waals surface area contributed by atoms with Crippen LogP contribution in [-0.4, -0.2) is 14.2 Å². The zero-order chi connectivity index (χ0) is 15.2. The zero-order valence-corrected chi connectivity index (χ0v) is 13.1. The third-order valence-electron chi connectivity index (χ3n) is 3.55. The lowest BCUT2D eigenvalue weighted by Crippen LogP contribution is -2.05. The van der Waals surface area contributed by atoms with Crippen LogP contribution in [0.15, 0.2) is 42.5 Å². The SMILES string of the molecule is COc1ccc(CNc2ccccc2C(C)C)c(OC)c1. The van der Waals surface area contributed by atoms with Crippen molar-refractivity contribution in [1.82, 2.24) is 0 Å². The van der Waals surface area contributed by atoms with Crippen molar-refractivity contribution < 1.29 is 9.47 Å². The van der Waals surface area contributed by atoms with Gasteiger partial charge in [-0.2, -0.15) is 0 Å². The Kier molecular flexibility index (Phi) is 5.09. The summed E-state index contributed by atoms with van der Waals surface area (Å²) in [5, 5.41) is 3.50. The van der Waals surface area contributed by atoms with E-state index in [1.54, 1.807) is 14.2 Å². The first kappa shape index (κ1) is 15.2. The molecule has 3 heteroatoms. The Morgan fingerprint density at radius 2 is 1.76 bits per heavy atom. The van der Waals surface area contributed by atoms with Crippen molar-refractivity contribution in [1.29, 1.82) is 0 Å². The molecule has 112 valence electrons. The number of anilines is 1. The minimum absolute atomic E-state index is 0.492. The number of ether oxygens (including phenoxy) is 2. The van der Waals surface area contributed by atoms with Crippen molar-refractivity contribution in [3.05, 3.63) is 53.6 Å². The maximum Gasteiger partial charge on any atom is 0.127 e. The summed E-state index contributed by atoms with van der Waals surface area (Å²) >= 11 is 0. The number of nitrogens with one attached hydrogen (secondary N) is 1.